The summed E-state index contributed by atoms with van der Waals surface area (Å²) >= 11 is 8.88. The molecule has 28 N–H and O–H groups in total. The molecular formula is C71H136N10O35S2. The molecule has 18 unspecified atom stereocenters. The minimum Gasteiger partial charge on any atom is -0.394 e. The fraction of sp³-hybridized carbons (Fsp3) is 0.958. The highest BCUT2D eigenvalue weighted by Crippen LogP contribution is 2.38. The number of aliphatic hydroxyl groups excluding tert-OH is 16. The van der Waals surface area contributed by atoms with Gasteiger partial charge in [0.25, 0.3) is 0 Å². The number of amides is 3. The molecule has 9 fully saturated rings. The molecule has 8 aliphatic heterocycles. The van der Waals surface area contributed by atoms with Crippen LogP contribution in [0.5, 0.6) is 0 Å². The maximum atomic E-state index is 11.9. The molecule has 8 heterocycles. The topological polar surface area (TPSA) is 704 Å². The Labute approximate surface area is 696 Å². The molecule has 0 aromatic heterocycles. The highest BCUT2D eigenvalue weighted by molar-refractivity contribution is 7.80. The van der Waals surface area contributed by atoms with Gasteiger partial charge in [-0.25, -0.2) is 0 Å². The molecule has 42 atom stereocenters. The number of hydrogen-bond acceptors (Lipinski definition) is 43. The molecule has 9 aliphatic rings. The SMILES string of the molecule is C.CC(=O)NC1[C@H](O[C@@H]2C(CO)O[C@@H](C)C(N)[C@H]2O)OC(CO)[C@H](C)[C@@H]1O.CC(=O)NC1[C@H](O[C@@H]2C(CO)O[C@@H](O[C@@H]3C(CO)O[C@@H](C)C(N)[C@H]3O)C(NCC(C)ON=S)[C@H]2O)OC(CO)[C@H](C)[C@@H]1O.CC(=O)NC1[C@H](O[C@@H]2C(CO)O[C@@H](O[C@@H]3C(CO)O[C@@H](C)C(N)[C@H]3O)C(NCC(C)S)[C@H]2O)OC(CO)[C@H](C)[C@@H]1O.CC1CC1.O=NO. The molecule has 0 radical (unpaired) electrons. The summed E-state index contributed by atoms with van der Waals surface area (Å²) in [5.74, 6) is -1.85. The van der Waals surface area contributed by atoms with E-state index in [2.05, 4.69) is 63.1 Å². The van der Waals surface area contributed by atoms with Crippen LogP contribution in [-0.4, -0.2) is 408 Å². The van der Waals surface area contributed by atoms with Crippen molar-refractivity contribution < 1.29 is 168 Å². The number of nitrogens with one attached hydrogen (secondary N) is 5. The van der Waals surface area contributed by atoms with E-state index in [1.54, 1.807) is 48.5 Å². The minimum absolute atomic E-state index is 0. The number of carbonyl (C=O) groups excluding carboxylic acids is 3. The highest BCUT2D eigenvalue weighted by atomic mass is 32.1. The number of aliphatic hydroxyl groups is 16. The summed E-state index contributed by atoms with van der Waals surface area (Å²) in [6, 6.07) is -7.64. The summed E-state index contributed by atoms with van der Waals surface area (Å²) in [5.41, 5.74) is 18.1. The van der Waals surface area contributed by atoms with Gasteiger partial charge >= 0.3 is 0 Å². The molecule has 8 saturated heterocycles. The molecule has 0 aromatic carbocycles. The van der Waals surface area contributed by atoms with Crippen LogP contribution in [0.15, 0.2) is 9.87 Å². The Bertz CT molecular complexity index is 2900. The molecule has 45 nitrogen and oxygen atoms in total. The predicted octanol–water partition coefficient (Wildman–Crippen LogP) is -9.42. The molecule has 692 valence electrons. The van der Waals surface area contributed by atoms with Gasteiger partial charge in [-0.2, -0.15) is 12.6 Å². The monoisotopic (exact) mass is 1750 g/mol. The summed E-state index contributed by atoms with van der Waals surface area (Å²) in [6.45, 7) is 15.9. The van der Waals surface area contributed by atoms with Crippen molar-refractivity contribution in [2.24, 2.45) is 50.7 Å². The second kappa shape index (κ2) is 51.3. The van der Waals surface area contributed by atoms with Gasteiger partial charge in [-0.3, -0.25) is 14.4 Å². The Morgan fingerprint density at radius 2 is 0.636 bits per heavy atom. The van der Waals surface area contributed by atoms with Gasteiger partial charge in [0.15, 0.2) is 36.8 Å². The van der Waals surface area contributed by atoms with Gasteiger partial charge in [0.1, 0.15) is 116 Å². The lowest BCUT2D eigenvalue weighted by Gasteiger charge is -2.50. The van der Waals surface area contributed by atoms with Gasteiger partial charge in [-0.05, 0) is 38.1 Å². The van der Waals surface area contributed by atoms with Crippen LogP contribution in [0, 0.1) is 28.6 Å². The van der Waals surface area contributed by atoms with Crippen LogP contribution in [0.3, 0.4) is 0 Å². The van der Waals surface area contributed by atoms with E-state index in [-0.39, 0.29) is 32.4 Å². The van der Waals surface area contributed by atoms with E-state index in [9.17, 15) is 96.1 Å². The lowest BCUT2D eigenvalue weighted by molar-refractivity contribution is -0.344. The molecule has 0 aromatic rings. The minimum atomic E-state index is -1.50. The zero-order valence-electron chi connectivity index (χ0n) is 67.7. The lowest BCUT2D eigenvalue weighted by Crippen LogP contribution is -2.70. The van der Waals surface area contributed by atoms with Crippen molar-refractivity contribution in [3.05, 3.63) is 4.91 Å². The van der Waals surface area contributed by atoms with E-state index in [1.165, 1.54) is 39.0 Å². The first-order valence-corrected chi connectivity index (χ1v) is 40.1. The van der Waals surface area contributed by atoms with E-state index >= 15 is 0 Å². The molecule has 9 rings (SSSR count). The molecule has 3 amide bonds. The summed E-state index contributed by atoms with van der Waals surface area (Å²) in [4.78, 5) is 48.5. The fourth-order valence-electron chi connectivity index (χ4n) is 14.6. The Balaban J connectivity index is 0.000000364. The van der Waals surface area contributed by atoms with E-state index < -0.39 is 314 Å². The second-order valence-electron chi connectivity index (χ2n) is 31.2. The third-order valence-electron chi connectivity index (χ3n) is 22.1. The maximum Gasteiger partial charge on any atom is 0.217 e. The number of ether oxygens (including phenoxy) is 13. The molecule has 0 spiro atoms. The van der Waals surface area contributed by atoms with Crippen molar-refractivity contribution in [1.82, 2.24) is 26.6 Å². The third kappa shape index (κ3) is 28.8. The predicted molar refractivity (Wildman–Crippen MR) is 415 cm³/mol. The van der Waals surface area contributed by atoms with Crippen LogP contribution in [-0.2, 0) is 93.2 Å². The van der Waals surface area contributed by atoms with Crippen LogP contribution in [0.1, 0.15) is 103 Å². The van der Waals surface area contributed by atoms with Gasteiger partial charge < -0.3 is 197 Å². The van der Waals surface area contributed by atoms with E-state index in [4.69, 9.17) is 93.7 Å². The fourth-order valence-corrected chi connectivity index (χ4v) is 14.9. The zero-order chi connectivity index (χ0) is 87.9. The number of hydrogen-bond donors (Lipinski definition) is 26. The molecule has 0 bridgehead atoms. The normalized spacial score (nSPS) is 43.5. The van der Waals surface area contributed by atoms with Crippen LogP contribution >= 0.6 is 12.6 Å². The van der Waals surface area contributed by atoms with Crippen LogP contribution in [0.2, 0.25) is 0 Å². The van der Waals surface area contributed by atoms with Crippen molar-refractivity contribution >= 4 is 42.8 Å². The molecule has 1 saturated carbocycles. The number of carbonyl (C=O) groups is 3. The Morgan fingerprint density at radius 3 is 0.856 bits per heavy atom. The summed E-state index contributed by atoms with van der Waals surface area (Å²) in [7, 11) is 0. The van der Waals surface area contributed by atoms with Gasteiger partial charge in [0, 0.05) is 56.9 Å². The van der Waals surface area contributed by atoms with Crippen molar-refractivity contribution in [3.8, 4) is 0 Å². The first-order valence-electron chi connectivity index (χ1n) is 39.2. The molecule has 1 aliphatic carbocycles. The highest BCUT2D eigenvalue weighted by Gasteiger charge is 2.57. The summed E-state index contributed by atoms with van der Waals surface area (Å²) in [6.07, 6.45) is -29.3. The second-order valence-corrected chi connectivity index (χ2v) is 32.2. The van der Waals surface area contributed by atoms with Gasteiger partial charge in [0.05, 0.1) is 150 Å². The number of thiol groups is 1. The first-order chi connectivity index (χ1) is 55.2. The Hall–Kier alpha value is -3.38. The zero-order valence-corrected chi connectivity index (χ0v) is 69.5. The van der Waals surface area contributed by atoms with E-state index in [0.717, 1.165) is 5.92 Å². The van der Waals surface area contributed by atoms with Crippen molar-refractivity contribution in [3.63, 3.8) is 0 Å². The lowest BCUT2D eigenvalue weighted by atomic mass is 9.89. The van der Waals surface area contributed by atoms with E-state index in [1.807, 2.05) is 6.92 Å². The average molecular weight is 1750 g/mol. The van der Waals surface area contributed by atoms with Crippen molar-refractivity contribution in [2.45, 2.75) is 341 Å². The van der Waals surface area contributed by atoms with Gasteiger partial charge in [-0.1, -0.05) is 54.9 Å². The Kier molecular flexibility index (Phi) is 46.5. The van der Waals surface area contributed by atoms with Crippen LogP contribution in [0.4, 0.5) is 0 Å². The largest absolute Gasteiger partial charge is 0.394 e. The third-order valence-corrected chi connectivity index (χ3v) is 22.4. The quantitative estimate of drug-likeness (QED) is 0.0188. The van der Waals surface area contributed by atoms with Crippen molar-refractivity contribution in [1.29, 1.82) is 0 Å². The van der Waals surface area contributed by atoms with Gasteiger partial charge in [-0.15, -0.1) is 4.91 Å². The molecule has 118 heavy (non-hydrogen) atoms. The summed E-state index contributed by atoms with van der Waals surface area (Å²) < 4.78 is 79.9. The summed E-state index contributed by atoms with van der Waals surface area (Å²) in [5, 5.41) is 188. The maximum absolute atomic E-state index is 11.9. The number of nitrogens with two attached hydrogens (primary N) is 3. The Morgan fingerprint density at radius 1 is 0.415 bits per heavy atom. The number of nitrogens with zero attached hydrogens (tertiary/aromatic N) is 2. The van der Waals surface area contributed by atoms with Crippen molar-refractivity contribution in [2.75, 3.05) is 65.9 Å². The number of rotatable bonds is 29. The molecule has 47 heteroatoms. The standard InChI is InChI=1S/C25H46N4O13S.C25H47N3O12S.C16H30N2O8.C4H8.CH4.HNO2/c1-9(42-29-43)5-27-17-21(36)23(41-25-18(28-12(4)33)19(34)10(2)13(6-30)38-25)15(8-32)39-24(17)40-22-14(7-31)37-11(3)16(26)20(22)35;1-9(41)5-27-17-21(35)23(40-25-18(28-12(4)32)19(33)10(2)13(6-29)37-25)15(8-31)38-24(17)39-22-14(7-30)36-11(3)16(26)20(22)34;1-6-9(4-19)25-16(12(13(6)22)18-8(3)21)26-15-10(5-20)24-7(2)11(17)14(15)23;1-4-2-3-4;;2-1-3/h9-11,13-25,27,30-32,34-36H,5-8,26H2,1-4H3,(H,28,33);9-11,13-25,27,29-31,33-35,41H,5-8,26H2,1-4H3,(H,28,32);6-7,9-16,19-20,22-23H,4-5,17H2,1-3H3,(H,18,21);4H,2-3H2,1H3;1H4;(H,2,3)/t2*9?,10-,11-,13?,14?,15?,16?,17?,18?,19-,20+,21+,22+,23+,24-,25-;6-,7-,9?,10?,11?,12?,13-,14+,15+,16-;;;/m000.../s1. The molecular weight excluding hydrogens is 1620 g/mol. The smallest absolute Gasteiger partial charge is 0.217 e. The first kappa shape index (κ1) is 107. The van der Waals surface area contributed by atoms with E-state index in [0.29, 0.717) is 0 Å². The van der Waals surface area contributed by atoms with Crippen LogP contribution in [0.25, 0.3) is 0 Å². The average Bonchev–Trinajstić information content (AvgIpc) is 0.876. The van der Waals surface area contributed by atoms with Gasteiger partial charge in [0.2, 0.25) is 17.7 Å². The van der Waals surface area contributed by atoms with Crippen LogP contribution < -0.4 is 43.8 Å².